The first-order valence-electron chi connectivity index (χ1n) is 13.4. The number of halogens is 3. The fraction of sp³-hybridized carbons (Fsp3) is 0.0303. The number of aliphatic carboxylic acids is 1. The number of nitrogens with one attached hydrogen (secondary N) is 2. The molecule has 1 aliphatic heterocycles. The van der Waals surface area contributed by atoms with E-state index in [9.17, 15) is 48.0 Å². The second kappa shape index (κ2) is 14.1. The zero-order chi connectivity index (χ0) is 35.2. The van der Waals surface area contributed by atoms with Gasteiger partial charge in [-0.2, -0.15) is 13.2 Å². The highest BCUT2D eigenvalue weighted by atomic mass is 19.4. The normalized spacial score (nSPS) is 12.3. The van der Waals surface area contributed by atoms with Gasteiger partial charge < -0.3 is 40.9 Å². The van der Waals surface area contributed by atoms with E-state index < -0.39 is 46.9 Å². The Morgan fingerprint density at radius 2 is 1.44 bits per heavy atom. The zero-order valence-electron chi connectivity index (χ0n) is 24.1. The number of ether oxygens (including phenoxy) is 1. The lowest BCUT2D eigenvalue weighted by Gasteiger charge is -2.14. The molecule has 15 heteroatoms. The van der Waals surface area contributed by atoms with Crippen molar-refractivity contribution < 1.29 is 62.6 Å². The van der Waals surface area contributed by atoms with Gasteiger partial charge in [0.2, 0.25) is 5.78 Å². The Morgan fingerprint density at radius 1 is 0.812 bits per heavy atom. The summed E-state index contributed by atoms with van der Waals surface area (Å²) in [5.41, 5.74) is -0.612. The summed E-state index contributed by atoms with van der Waals surface area (Å²) in [7, 11) is 0. The molecule has 0 aliphatic carbocycles. The number of hydrogen-bond donors (Lipinski definition) is 7. The van der Waals surface area contributed by atoms with Crippen LogP contribution in [0.2, 0.25) is 0 Å². The number of benzene rings is 4. The minimum Gasteiger partial charge on any atom is -0.508 e. The number of phenolic OH excluding ortho intramolecular Hbond substituents is 4. The standard InChI is InChI=1S/C31H22N2O8.C2HF3O2/c34-20-10-7-18(8-11-20)30(39)33-23-16-32-13-3-6-26(23)41-31(40)19-14-24(35)27(25(36)15-19)29(38)22-12-9-17-4-1-2-5-21(17)28(22)37;3-2(4,5)1(6)7/h1-16,32,34-37H,(H,33,39);(H,6,7). The predicted octanol–water partition coefficient (Wildman–Crippen LogP) is 4.96. The van der Waals surface area contributed by atoms with Crippen molar-refractivity contribution in [2.45, 2.75) is 6.18 Å². The summed E-state index contributed by atoms with van der Waals surface area (Å²) in [6.07, 6.45) is 0.744. The summed E-state index contributed by atoms with van der Waals surface area (Å²) in [4.78, 5) is 47.8. The molecule has 0 saturated heterocycles. The van der Waals surface area contributed by atoms with Gasteiger partial charge in [-0.3, -0.25) is 9.59 Å². The van der Waals surface area contributed by atoms with Gasteiger partial charge in [0, 0.05) is 23.3 Å². The average Bonchev–Trinajstić information content (AvgIpc) is 3.25. The van der Waals surface area contributed by atoms with Crippen molar-refractivity contribution in [2.24, 2.45) is 0 Å². The topological polar surface area (TPSA) is 203 Å². The van der Waals surface area contributed by atoms with Crippen LogP contribution in [-0.4, -0.2) is 55.3 Å². The third-order valence-electron chi connectivity index (χ3n) is 6.46. The van der Waals surface area contributed by atoms with Gasteiger partial charge in [0.25, 0.3) is 5.91 Å². The number of ketones is 1. The molecule has 0 unspecified atom stereocenters. The van der Waals surface area contributed by atoms with Crippen LogP contribution in [0.3, 0.4) is 0 Å². The Morgan fingerprint density at radius 3 is 2.06 bits per heavy atom. The van der Waals surface area contributed by atoms with E-state index in [-0.39, 0.29) is 39.6 Å². The van der Waals surface area contributed by atoms with Crippen LogP contribution in [-0.2, 0) is 9.53 Å². The van der Waals surface area contributed by atoms with Crippen LogP contribution in [0, 0.1) is 0 Å². The molecule has 48 heavy (non-hydrogen) atoms. The Bertz CT molecular complexity index is 1990. The lowest BCUT2D eigenvalue weighted by Crippen LogP contribution is -2.26. The number of aromatic hydroxyl groups is 4. The lowest BCUT2D eigenvalue weighted by atomic mass is 9.96. The van der Waals surface area contributed by atoms with Crippen molar-refractivity contribution in [3.05, 3.63) is 131 Å². The molecule has 1 amide bonds. The van der Waals surface area contributed by atoms with E-state index >= 15 is 0 Å². The first kappa shape index (κ1) is 34.1. The second-order valence-corrected chi connectivity index (χ2v) is 9.71. The number of hydrogen-bond acceptors (Lipinski definition) is 10. The molecule has 246 valence electrons. The van der Waals surface area contributed by atoms with E-state index in [0.29, 0.717) is 10.8 Å². The maximum Gasteiger partial charge on any atom is 0.490 e. The largest absolute Gasteiger partial charge is 0.508 e. The SMILES string of the molecule is O=C(NC1=CNC=CC=C1OC(=O)c1cc(O)c(C(=O)c2ccc3ccccc3c2O)c(O)c1)c1ccc(O)cc1.O=C(O)C(F)(F)F. The predicted molar refractivity (Wildman–Crippen MR) is 162 cm³/mol. The minimum absolute atomic E-state index is 0.0103. The van der Waals surface area contributed by atoms with Gasteiger partial charge in [-0.1, -0.05) is 30.3 Å². The first-order chi connectivity index (χ1) is 22.7. The molecule has 0 fully saturated rings. The van der Waals surface area contributed by atoms with Crippen LogP contribution < -0.4 is 10.6 Å². The van der Waals surface area contributed by atoms with Crippen molar-refractivity contribution in [3.63, 3.8) is 0 Å². The molecule has 0 aromatic heterocycles. The maximum atomic E-state index is 13.2. The molecule has 4 aromatic carbocycles. The molecule has 0 radical (unpaired) electrons. The summed E-state index contributed by atoms with van der Waals surface area (Å²) >= 11 is 0. The van der Waals surface area contributed by atoms with Crippen molar-refractivity contribution in [2.75, 3.05) is 0 Å². The van der Waals surface area contributed by atoms with E-state index in [0.717, 1.165) is 12.1 Å². The highest BCUT2D eigenvalue weighted by molar-refractivity contribution is 6.16. The van der Waals surface area contributed by atoms with Crippen LogP contribution in [0.4, 0.5) is 13.2 Å². The smallest absolute Gasteiger partial charge is 0.490 e. The minimum atomic E-state index is -5.08. The van der Waals surface area contributed by atoms with Gasteiger partial charge >= 0.3 is 18.1 Å². The highest BCUT2D eigenvalue weighted by Crippen LogP contribution is 2.36. The number of allylic oxidation sites excluding steroid dienone is 2. The number of carboxylic acid groups (broad SMARTS) is 1. The van der Waals surface area contributed by atoms with Crippen molar-refractivity contribution in [1.29, 1.82) is 0 Å². The molecular formula is C33H23F3N2O10. The molecule has 0 spiro atoms. The molecule has 5 rings (SSSR count). The Labute approximate surface area is 267 Å². The van der Waals surface area contributed by atoms with Gasteiger partial charge in [-0.05, 0) is 60.0 Å². The molecule has 7 N–H and O–H groups in total. The van der Waals surface area contributed by atoms with Crippen LogP contribution >= 0.6 is 0 Å². The molecule has 12 nitrogen and oxygen atoms in total. The number of rotatable bonds is 6. The number of esters is 1. The van der Waals surface area contributed by atoms with Crippen LogP contribution in [0.5, 0.6) is 23.0 Å². The summed E-state index contributed by atoms with van der Waals surface area (Å²) in [6.45, 7) is 0. The number of carbonyl (C=O) groups excluding carboxylic acids is 3. The molecule has 1 heterocycles. The highest BCUT2D eigenvalue weighted by Gasteiger charge is 2.38. The van der Waals surface area contributed by atoms with Crippen molar-refractivity contribution in [1.82, 2.24) is 10.6 Å². The Kier molecular flexibility index (Phi) is 10.0. The quantitative estimate of drug-likeness (QED) is 0.109. The van der Waals surface area contributed by atoms with E-state index in [4.69, 9.17) is 14.6 Å². The molecule has 0 saturated carbocycles. The number of fused-ring (bicyclic) bond motifs is 1. The number of amides is 1. The third kappa shape index (κ3) is 7.89. The van der Waals surface area contributed by atoms with E-state index in [1.165, 1.54) is 54.9 Å². The number of phenols is 4. The van der Waals surface area contributed by atoms with E-state index in [2.05, 4.69) is 10.6 Å². The van der Waals surface area contributed by atoms with Crippen LogP contribution in [0.25, 0.3) is 10.8 Å². The monoisotopic (exact) mass is 664 g/mol. The lowest BCUT2D eigenvalue weighted by molar-refractivity contribution is -0.192. The van der Waals surface area contributed by atoms with Gasteiger partial charge in [0.1, 0.15) is 34.3 Å². The average molecular weight is 665 g/mol. The van der Waals surface area contributed by atoms with Gasteiger partial charge in [-0.25, -0.2) is 9.59 Å². The Balaban J connectivity index is 0.000000671. The number of carboxylic acids is 1. The van der Waals surface area contributed by atoms with Crippen molar-refractivity contribution >= 4 is 34.4 Å². The first-order valence-corrected chi connectivity index (χ1v) is 13.4. The fourth-order valence-corrected chi connectivity index (χ4v) is 4.17. The summed E-state index contributed by atoms with van der Waals surface area (Å²) < 4.78 is 37.2. The summed E-state index contributed by atoms with van der Waals surface area (Å²) in [5.74, 6) is -6.96. The van der Waals surface area contributed by atoms with Gasteiger partial charge in [-0.15, -0.1) is 0 Å². The molecular weight excluding hydrogens is 641 g/mol. The Hall–Kier alpha value is -6.77. The molecule has 4 aromatic rings. The third-order valence-corrected chi connectivity index (χ3v) is 6.46. The van der Waals surface area contributed by atoms with Gasteiger partial charge in [0.15, 0.2) is 5.76 Å². The molecule has 0 bridgehead atoms. The summed E-state index contributed by atoms with van der Waals surface area (Å²) in [5, 5.41) is 55.0. The maximum absolute atomic E-state index is 13.2. The number of carbonyl (C=O) groups is 4. The second-order valence-electron chi connectivity index (χ2n) is 9.71. The number of alkyl halides is 3. The molecule has 1 aliphatic rings. The fourth-order valence-electron chi connectivity index (χ4n) is 4.17. The van der Waals surface area contributed by atoms with E-state index in [1.54, 1.807) is 30.3 Å². The molecule has 0 atom stereocenters. The van der Waals surface area contributed by atoms with Crippen molar-refractivity contribution in [3.8, 4) is 23.0 Å². The van der Waals surface area contributed by atoms with Crippen LogP contribution in [0.1, 0.15) is 36.6 Å². The van der Waals surface area contributed by atoms with Gasteiger partial charge in [0.05, 0.1) is 11.1 Å². The van der Waals surface area contributed by atoms with E-state index in [1.807, 2.05) is 0 Å². The van der Waals surface area contributed by atoms with Crippen LogP contribution in [0.15, 0.2) is 109 Å². The summed E-state index contributed by atoms with van der Waals surface area (Å²) in [6, 6.07) is 17.3. The zero-order valence-corrected chi connectivity index (χ0v) is 24.1.